The Hall–Kier alpha value is -2.58. The van der Waals surface area contributed by atoms with Gasteiger partial charge in [0.2, 0.25) is 10.9 Å². The zero-order valence-electron chi connectivity index (χ0n) is 18.6. The molecular weight excluding hydrogens is 404 g/mol. The van der Waals surface area contributed by atoms with Gasteiger partial charge in [0.05, 0.1) is 0 Å². The maximum atomic E-state index is 11.6. The molecule has 0 radical (unpaired) electrons. The van der Waals surface area contributed by atoms with Crippen LogP contribution in [0.5, 0.6) is 11.5 Å². The fourth-order valence-corrected chi connectivity index (χ4v) is 2.89. The van der Waals surface area contributed by atoms with E-state index in [2.05, 4.69) is 0 Å². The summed E-state index contributed by atoms with van der Waals surface area (Å²) in [5, 5.41) is 18.6. The lowest BCUT2D eigenvalue weighted by molar-refractivity contribution is 0.0683. The Labute approximate surface area is 181 Å². The molecule has 0 spiro atoms. The van der Waals surface area contributed by atoms with E-state index in [1.165, 1.54) is 12.1 Å². The second-order valence-corrected chi connectivity index (χ2v) is 8.83. The average Bonchev–Trinajstić information content (AvgIpc) is 2.70. The van der Waals surface area contributed by atoms with Crippen LogP contribution in [-0.2, 0) is 20.3 Å². The molecule has 2 heterocycles. The molecule has 0 fully saturated rings. The van der Waals surface area contributed by atoms with Crippen molar-refractivity contribution in [1.82, 2.24) is 0 Å². The first-order chi connectivity index (χ1) is 14.5. The van der Waals surface area contributed by atoms with Crippen LogP contribution in [0.3, 0.4) is 0 Å². The van der Waals surface area contributed by atoms with Crippen molar-refractivity contribution < 1.29 is 28.5 Å². The van der Waals surface area contributed by atoms with E-state index in [4.69, 9.17) is 18.3 Å². The standard InChI is InChI=1S/C23H32O8/c1-22(2,20-12-16(24)18(26)14-30-20)6-10-28-8-5-9-29-11-7-23(3,4)21-13-17(25)19(27)15-31-21/h12-15,26-27H,5-11H2,1-4H3. The lowest BCUT2D eigenvalue weighted by Gasteiger charge is -2.23. The van der Waals surface area contributed by atoms with E-state index in [0.717, 1.165) is 18.9 Å². The molecular formula is C23H32O8. The topological polar surface area (TPSA) is 119 Å². The molecule has 0 unspecified atom stereocenters. The molecule has 0 saturated heterocycles. The molecule has 0 saturated carbocycles. The van der Waals surface area contributed by atoms with Crippen LogP contribution < -0.4 is 10.9 Å². The molecule has 8 heteroatoms. The highest BCUT2D eigenvalue weighted by Crippen LogP contribution is 2.27. The summed E-state index contributed by atoms with van der Waals surface area (Å²) in [6.07, 6.45) is 4.19. The van der Waals surface area contributed by atoms with Gasteiger partial charge in [0.25, 0.3) is 0 Å². The molecule has 0 aliphatic rings. The summed E-state index contributed by atoms with van der Waals surface area (Å²) in [5.74, 6) is 0.224. The lowest BCUT2D eigenvalue weighted by atomic mass is 9.86. The monoisotopic (exact) mass is 436 g/mol. The summed E-state index contributed by atoms with van der Waals surface area (Å²) in [6.45, 7) is 9.91. The summed E-state index contributed by atoms with van der Waals surface area (Å²) >= 11 is 0. The molecule has 0 aliphatic heterocycles. The average molecular weight is 437 g/mol. The summed E-state index contributed by atoms with van der Waals surface area (Å²) in [6, 6.07) is 2.63. The van der Waals surface area contributed by atoms with Crippen molar-refractivity contribution in [1.29, 1.82) is 0 Å². The zero-order chi connectivity index (χ0) is 23.1. The second-order valence-electron chi connectivity index (χ2n) is 8.83. The Morgan fingerprint density at radius 3 is 1.48 bits per heavy atom. The Morgan fingerprint density at radius 1 is 0.742 bits per heavy atom. The Kier molecular flexibility index (Phi) is 8.47. The largest absolute Gasteiger partial charge is 0.502 e. The van der Waals surface area contributed by atoms with Crippen molar-refractivity contribution in [3.63, 3.8) is 0 Å². The summed E-state index contributed by atoms with van der Waals surface area (Å²) < 4.78 is 22.0. The van der Waals surface area contributed by atoms with Crippen LogP contribution in [0.15, 0.2) is 43.1 Å². The van der Waals surface area contributed by atoms with Crippen LogP contribution >= 0.6 is 0 Å². The molecule has 0 atom stereocenters. The van der Waals surface area contributed by atoms with Gasteiger partial charge in [0.15, 0.2) is 11.5 Å². The predicted molar refractivity (Wildman–Crippen MR) is 115 cm³/mol. The number of rotatable bonds is 12. The van der Waals surface area contributed by atoms with Crippen molar-refractivity contribution in [2.75, 3.05) is 26.4 Å². The molecule has 2 aromatic heterocycles. The van der Waals surface area contributed by atoms with Crippen LogP contribution in [0.2, 0.25) is 0 Å². The van der Waals surface area contributed by atoms with Gasteiger partial charge in [0.1, 0.15) is 24.0 Å². The fraction of sp³-hybridized carbons (Fsp3) is 0.565. The molecule has 0 amide bonds. The van der Waals surface area contributed by atoms with Crippen LogP contribution in [0.4, 0.5) is 0 Å². The normalized spacial score (nSPS) is 12.3. The van der Waals surface area contributed by atoms with Gasteiger partial charge in [-0.2, -0.15) is 0 Å². The Morgan fingerprint density at radius 2 is 1.13 bits per heavy atom. The SMILES string of the molecule is CC(C)(CCOCCCOCCC(C)(C)c1cc(=O)c(O)co1)c1cc(=O)c(O)co1. The molecule has 172 valence electrons. The van der Waals surface area contributed by atoms with Crippen LogP contribution in [0.25, 0.3) is 0 Å². The van der Waals surface area contributed by atoms with E-state index in [1.54, 1.807) is 0 Å². The highest BCUT2D eigenvalue weighted by molar-refractivity contribution is 5.20. The Bertz CT molecular complexity index is 877. The zero-order valence-corrected chi connectivity index (χ0v) is 18.6. The van der Waals surface area contributed by atoms with E-state index in [-0.39, 0.29) is 0 Å². The van der Waals surface area contributed by atoms with Gasteiger partial charge >= 0.3 is 0 Å². The number of hydrogen-bond donors (Lipinski definition) is 2. The molecule has 2 rings (SSSR count). The van der Waals surface area contributed by atoms with E-state index >= 15 is 0 Å². The minimum absolute atomic E-state index is 0.391. The maximum absolute atomic E-state index is 11.6. The number of ether oxygens (including phenoxy) is 2. The first-order valence-corrected chi connectivity index (χ1v) is 10.3. The third-order valence-corrected chi connectivity index (χ3v) is 5.28. The maximum Gasteiger partial charge on any atom is 0.226 e. The van der Waals surface area contributed by atoms with Gasteiger partial charge in [-0.25, -0.2) is 0 Å². The van der Waals surface area contributed by atoms with Crippen molar-refractivity contribution in [3.05, 3.63) is 56.6 Å². The summed E-state index contributed by atoms with van der Waals surface area (Å²) in [4.78, 5) is 23.1. The van der Waals surface area contributed by atoms with Gasteiger partial charge in [-0.1, -0.05) is 27.7 Å². The third-order valence-electron chi connectivity index (χ3n) is 5.28. The van der Waals surface area contributed by atoms with E-state index in [9.17, 15) is 19.8 Å². The van der Waals surface area contributed by atoms with Crippen molar-refractivity contribution in [2.24, 2.45) is 0 Å². The fourth-order valence-electron chi connectivity index (χ4n) is 2.89. The van der Waals surface area contributed by atoms with Gasteiger partial charge in [-0.05, 0) is 19.3 Å². The molecule has 2 N–H and O–H groups in total. The summed E-state index contributed by atoms with van der Waals surface area (Å²) in [7, 11) is 0. The van der Waals surface area contributed by atoms with Gasteiger partial charge in [0, 0.05) is 49.4 Å². The van der Waals surface area contributed by atoms with Gasteiger partial charge in [-0.15, -0.1) is 0 Å². The smallest absolute Gasteiger partial charge is 0.226 e. The Balaban J connectivity index is 1.62. The van der Waals surface area contributed by atoms with Crippen LogP contribution in [0, 0.1) is 0 Å². The van der Waals surface area contributed by atoms with E-state index in [0.29, 0.717) is 50.8 Å². The first-order valence-electron chi connectivity index (χ1n) is 10.3. The lowest BCUT2D eigenvalue weighted by Crippen LogP contribution is -2.22. The molecule has 2 aromatic rings. The minimum Gasteiger partial charge on any atom is -0.502 e. The van der Waals surface area contributed by atoms with Crippen LogP contribution in [-0.4, -0.2) is 36.6 Å². The van der Waals surface area contributed by atoms with Crippen molar-refractivity contribution >= 4 is 0 Å². The van der Waals surface area contributed by atoms with Crippen molar-refractivity contribution in [3.8, 4) is 11.5 Å². The highest BCUT2D eigenvalue weighted by atomic mass is 16.5. The minimum atomic E-state index is -0.455. The van der Waals surface area contributed by atoms with E-state index < -0.39 is 33.2 Å². The van der Waals surface area contributed by atoms with Gasteiger partial charge < -0.3 is 28.5 Å². The second kappa shape index (κ2) is 10.6. The predicted octanol–water partition coefficient (Wildman–Crippen LogP) is 3.46. The molecule has 0 bridgehead atoms. The van der Waals surface area contributed by atoms with Crippen molar-refractivity contribution in [2.45, 2.75) is 57.8 Å². The van der Waals surface area contributed by atoms with Gasteiger partial charge in [-0.3, -0.25) is 9.59 Å². The first kappa shape index (κ1) is 24.7. The number of hydrogen-bond acceptors (Lipinski definition) is 8. The molecule has 0 aliphatic carbocycles. The number of aromatic hydroxyl groups is 2. The van der Waals surface area contributed by atoms with Crippen LogP contribution in [0.1, 0.15) is 58.5 Å². The molecule has 8 nitrogen and oxygen atoms in total. The molecule has 31 heavy (non-hydrogen) atoms. The quantitative estimate of drug-likeness (QED) is 0.486. The highest BCUT2D eigenvalue weighted by Gasteiger charge is 2.25. The third kappa shape index (κ3) is 7.25. The molecule has 0 aromatic carbocycles. The summed E-state index contributed by atoms with van der Waals surface area (Å²) in [5.41, 5.74) is -1.69. The van der Waals surface area contributed by atoms with E-state index in [1.807, 2.05) is 27.7 Å².